The molecule has 0 fully saturated rings. The summed E-state index contributed by atoms with van der Waals surface area (Å²) in [5, 5.41) is 8.67. The molecule has 0 bridgehead atoms. The quantitative estimate of drug-likeness (QED) is 0.877. The second-order valence-electron chi connectivity index (χ2n) is 4.66. The van der Waals surface area contributed by atoms with Crippen LogP contribution in [0.3, 0.4) is 0 Å². The zero-order valence-corrected chi connectivity index (χ0v) is 11.8. The summed E-state index contributed by atoms with van der Waals surface area (Å²) in [6.45, 7) is -0.107. The van der Waals surface area contributed by atoms with E-state index in [-0.39, 0.29) is 24.3 Å². The summed E-state index contributed by atoms with van der Waals surface area (Å²) in [5.41, 5.74) is 0.852. The highest BCUT2D eigenvalue weighted by molar-refractivity contribution is 5.70. The van der Waals surface area contributed by atoms with Gasteiger partial charge in [-0.15, -0.1) is 13.2 Å². The number of ether oxygens (including phenoxy) is 2. The van der Waals surface area contributed by atoms with Crippen LogP contribution in [0.25, 0.3) is 0 Å². The van der Waals surface area contributed by atoms with Crippen molar-refractivity contribution in [2.75, 3.05) is 0 Å². The minimum Gasteiger partial charge on any atom is -0.489 e. The van der Waals surface area contributed by atoms with Gasteiger partial charge in [-0.3, -0.25) is 4.79 Å². The fraction of sp³-hybridized carbons (Fsp3) is 0.188. The van der Waals surface area contributed by atoms with E-state index in [1.54, 1.807) is 30.3 Å². The second-order valence-corrected chi connectivity index (χ2v) is 4.66. The lowest BCUT2D eigenvalue weighted by molar-refractivity contribution is -0.275. The highest BCUT2D eigenvalue weighted by Gasteiger charge is 2.32. The van der Waals surface area contributed by atoms with E-state index in [0.717, 1.165) is 0 Å². The molecule has 0 amide bonds. The fourth-order valence-corrected chi connectivity index (χ4v) is 1.89. The zero-order valence-electron chi connectivity index (χ0n) is 11.8. The topological polar surface area (TPSA) is 55.8 Å². The monoisotopic (exact) mass is 326 g/mol. The van der Waals surface area contributed by atoms with Crippen molar-refractivity contribution in [3.8, 4) is 11.5 Å². The second kappa shape index (κ2) is 7.04. The SMILES string of the molecule is O=C(O)Cc1ccc(OCc2ccccc2OC(F)(F)F)cc1. The lowest BCUT2D eigenvalue weighted by Crippen LogP contribution is -2.18. The van der Waals surface area contributed by atoms with Crippen molar-refractivity contribution in [1.82, 2.24) is 0 Å². The van der Waals surface area contributed by atoms with Gasteiger partial charge in [0.15, 0.2) is 0 Å². The van der Waals surface area contributed by atoms with E-state index in [9.17, 15) is 18.0 Å². The number of rotatable bonds is 6. The number of para-hydroxylation sites is 1. The largest absolute Gasteiger partial charge is 0.573 e. The first-order valence-electron chi connectivity index (χ1n) is 6.61. The molecule has 0 aliphatic rings. The van der Waals surface area contributed by atoms with Crippen molar-refractivity contribution >= 4 is 5.97 Å². The maximum Gasteiger partial charge on any atom is 0.573 e. The number of carbonyl (C=O) groups is 1. The summed E-state index contributed by atoms with van der Waals surface area (Å²) in [6, 6.07) is 12.0. The number of hydrogen-bond donors (Lipinski definition) is 1. The van der Waals surface area contributed by atoms with Crippen LogP contribution in [-0.2, 0) is 17.8 Å². The molecule has 0 aromatic heterocycles. The summed E-state index contributed by atoms with van der Waals surface area (Å²) in [5.74, 6) is -0.847. The van der Waals surface area contributed by atoms with Crippen molar-refractivity contribution in [2.45, 2.75) is 19.4 Å². The van der Waals surface area contributed by atoms with Crippen LogP contribution in [0.5, 0.6) is 11.5 Å². The predicted molar refractivity (Wildman–Crippen MR) is 75.2 cm³/mol. The van der Waals surface area contributed by atoms with E-state index in [0.29, 0.717) is 11.3 Å². The van der Waals surface area contributed by atoms with E-state index in [1.807, 2.05) is 0 Å². The van der Waals surface area contributed by atoms with E-state index < -0.39 is 12.3 Å². The van der Waals surface area contributed by atoms with Crippen LogP contribution in [0.2, 0.25) is 0 Å². The Morgan fingerprint density at radius 2 is 1.70 bits per heavy atom. The molecule has 2 aromatic carbocycles. The average molecular weight is 326 g/mol. The van der Waals surface area contributed by atoms with Crippen molar-refractivity contribution in [2.24, 2.45) is 0 Å². The number of hydrogen-bond acceptors (Lipinski definition) is 3. The Morgan fingerprint density at radius 1 is 1.04 bits per heavy atom. The van der Waals surface area contributed by atoms with E-state index in [1.165, 1.54) is 18.2 Å². The number of aliphatic carboxylic acids is 1. The number of carboxylic acids is 1. The van der Waals surface area contributed by atoms with Crippen molar-refractivity contribution < 1.29 is 32.5 Å². The summed E-state index contributed by atoms with van der Waals surface area (Å²) in [6.07, 6.45) is -4.88. The Balaban J connectivity index is 2.02. The number of alkyl halides is 3. The van der Waals surface area contributed by atoms with E-state index in [4.69, 9.17) is 9.84 Å². The standard InChI is InChI=1S/C16H13F3O4/c17-16(18,19)23-14-4-2-1-3-12(14)10-22-13-7-5-11(6-8-13)9-15(20)21/h1-8H,9-10H2,(H,20,21). The molecule has 0 aliphatic carbocycles. The molecular formula is C16H13F3O4. The molecule has 0 spiro atoms. The molecule has 122 valence electrons. The van der Waals surface area contributed by atoms with Gasteiger partial charge in [-0.05, 0) is 23.8 Å². The third-order valence-corrected chi connectivity index (χ3v) is 2.87. The van der Waals surface area contributed by atoms with E-state index in [2.05, 4.69) is 4.74 Å². The fourth-order valence-electron chi connectivity index (χ4n) is 1.89. The van der Waals surface area contributed by atoms with Crippen LogP contribution in [-0.4, -0.2) is 17.4 Å². The van der Waals surface area contributed by atoms with Gasteiger partial charge in [0.05, 0.1) is 6.42 Å². The van der Waals surface area contributed by atoms with Gasteiger partial charge < -0.3 is 14.6 Å². The lowest BCUT2D eigenvalue weighted by atomic mass is 10.1. The molecule has 0 saturated heterocycles. The summed E-state index contributed by atoms with van der Waals surface area (Å²) in [4.78, 5) is 10.6. The summed E-state index contributed by atoms with van der Waals surface area (Å²) >= 11 is 0. The van der Waals surface area contributed by atoms with E-state index >= 15 is 0 Å². The molecule has 0 radical (unpaired) electrons. The van der Waals surface area contributed by atoms with Crippen LogP contribution in [0.15, 0.2) is 48.5 Å². The molecule has 0 saturated carbocycles. The predicted octanol–water partition coefficient (Wildman–Crippen LogP) is 3.79. The Hall–Kier alpha value is -2.70. The van der Waals surface area contributed by atoms with Crippen LogP contribution < -0.4 is 9.47 Å². The first-order chi connectivity index (χ1) is 10.8. The van der Waals surface area contributed by atoms with Gasteiger partial charge >= 0.3 is 12.3 Å². The van der Waals surface area contributed by atoms with Gasteiger partial charge in [0.25, 0.3) is 0 Å². The number of carboxylic acid groups (broad SMARTS) is 1. The van der Waals surface area contributed by atoms with Gasteiger partial charge in [0.1, 0.15) is 18.1 Å². The first kappa shape index (κ1) is 16.7. The molecule has 7 heteroatoms. The first-order valence-corrected chi connectivity index (χ1v) is 6.61. The van der Waals surface area contributed by atoms with Gasteiger partial charge in [-0.2, -0.15) is 0 Å². The lowest BCUT2D eigenvalue weighted by Gasteiger charge is -2.13. The van der Waals surface area contributed by atoms with Crippen LogP contribution in [0, 0.1) is 0 Å². The molecule has 0 atom stereocenters. The molecule has 2 aromatic rings. The molecule has 23 heavy (non-hydrogen) atoms. The van der Waals surface area contributed by atoms with Gasteiger partial charge in [-0.25, -0.2) is 0 Å². The maximum absolute atomic E-state index is 12.3. The van der Waals surface area contributed by atoms with Crippen LogP contribution >= 0.6 is 0 Å². The normalized spacial score (nSPS) is 11.1. The average Bonchev–Trinajstić information content (AvgIpc) is 2.46. The summed E-state index contributed by atoms with van der Waals surface area (Å²) < 4.78 is 46.3. The van der Waals surface area contributed by atoms with Crippen molar-refractivity contribution in [1.29, 1.82) is 0 Å². The Kier molecular flexibility index (Phi) is 5.10. The molecule has 4 nitrogen and oxygen atoms in total. The minimum atomic E-state index is -4.77. The van der Waals surface area contributed by atoms with Gasteiger partial charge in [-0.1, -0.05) is 30.3 Å². The maximum atomic E-state index is 12.3. The highest BCUT2D eigenvalue weighted by atomic mass is 19.4. The summed E-state index contributed by atoms with van der Waals surface area (Å²) in [7, 11) is 0. The van der Waals surface area contributed by atoms with Crippen molar-refractivity contribution in [3.05, 3.63) is 59.7 Å². The van der Waals surface area contributed by atoms with Crippen LogP contribution in [0.4, 0.5) is 13.2 Å². The molecule has 0 heterocycles. The molecule has 2 rings (SSSR count). The third kappa shape index (κ3) is 5.54. The number of halogens is 3. The Bertz CT molecular complexity index is 666. The van der Waals surface area contributed by atoms with Gasteiger partial charge in [0, 0.05) is 5.56 Å². The van der Waals surface area contributed by atoms with Crippen molar-refractivity contribution in [3.63, 3.8) is 0 Å². The zero-order chi connectivity index (χ0) is 16.9. The Morgan fingerprint density at radius 3 is 2.30 bits per heavy atom. The highest BCUT2D eigenvalue weighted by Crippen LogP contribution is 2.27. The molecular weight excluding hydrogens is 313 g/mol. The number of benzene rings is 2. The molecule has 1 N–H and O–H groups in total. The minimum absolute atomic E-state index is 0.107. The Labute approximate surface area is 130 Å². The third-order valence-electron chi connectivity index (χ3n) is 2.87. The van der Waals surface area contributed by atoms with Crippen LogP contribution in [0.1, 0.15) is 11.1 Å². The van der Waals surface area contributed by atoms with Gasteiger partial charge in [0.2, 0.25) is 0 Å². The smallest absolute Gasteiger partial charge is 0.489 e. The molecule has 0 unspecified atom stereocenters. The molecule has 0 aliphatic heterocycles.